The van der Waals surface area contributed by atoms with Gasteiger partial charge in [-0.1, -0.05) is 67.3 Å². The average Bonchev–Trinajstić information content (AvgIpc) is 3.60. The van der Waals surface area contributed by atoms with Gasteiger partial charge in [-0.05, 0) is 30.0 Å². The molecule has 2 amide bonds. The number of ketones is 3. The van der Waals surface area contributed by atoms with Crippen LogP contribution in [-0.2, 0) is 39.7 Å². The molecule has 18 heteroatoms. The third-order valence-corrected chi connectivity index (χ3v) is 12.1. The monoisotopic (exact) mass is 892 g/mol. The van der Waals surface area contributed by atoms with Gasteiger partial charge in [0.15, 0.2) is 12.4 Å². The maximum atomic E-state index is 14.1. The van der Waals surface area contributed by atoms with Gasteiger partial charge in [-0.2, -0.15) is 0 Å². The molecule has 3 aromatic carbocycles. The van der Waals surface area contributed by atoms with E-state index in [4.69, 9.17) is 28.4 Å². The zero-order valence-electron chi connectivity index (χ0n) is 35.0. The van der Waals surface area contributed by atoms with Gasteiger partial charge in [0.2, 0.25) is 17.9 Å². The minimum atomic E-state index is -2.53. The number of phenols is 2. The van der Waals surface area contributed by atoms with E-state index in [1.807, 2.05) is 36.4 Å². The topological polar surface area (TPSA) is 263 Å². The van der Waals surface area contributed by atoms with Gasteiger partial charge >= 0.3 is 18.2 Å². The normalized spacial score (nSPS) is 24.4. The van der Waals surface area contributed by atoms with E-state index in [2.05, 4.69) is 29.4 Å². The number of Topliss-reactive ketones (excluding diaryl/α,β-unsaturated/α-hetero) is 1. The summed E-state index contributed by atoms with van der Waals surface area (Å²) in [5.41, 5.74) is -2.45. The van der Waals surface area contributed by atoms with Gasteiger partial charge in [-0.25, -0.2) is 9.59 Å². The highest BCUT2D eigenvalue weighted by Crippen LogP contribution is 2.53. The van der Waals surface area contributed by atoms with Crippen molar-refractivity contribution in [1.82, 2.24) is 10.6 Å². The number of ether oxygens (including phenoxy) is 6. The van der Waals surface area contributed by atoms with E-state index in [0.717, 1.165) is 17.4 Å². The number of aliphatic hydroxyl groups excluding tert-OH is 1. The summed E-state index contributed by atoms with van der Waals surface area (Å²) in [6, 6.07) is 11.0. The fourth-order valence-electron chi connectivity index (χ4n) is 9.15. The van der Waals surface area contributed by atoms with Gasteiger partial charge in [0.1, 0.15) is 48.0 Å². The maximum Gasteiger partial charge on any atom is 0.412 e. The number of alkyl carbamates (subject to hydrolysis) is 2. The number of nitrogens with one attached hydrogen (secondary N) is 2. The van der Waals surface area contributed by atoms with E-state index in [1.54, 1.807) is 0 Å². The number of rotatable bonds is 12. The maximum absolute atomic E-state index is 14.1. The average molecular weight is 893 g/mol. The molecule has 0 spiro atoms. The Kier molecular flexibility index (Phi) is 12.0. The molecule has 0 saturated carbocycles. The Balaban J connectivity index is 0.994. The van der Waals surface area contributed by atoms with Crippen molar-refractivity contribution in [2.24, 2.45) is 5.92 Å². The number of fused-ring (bicyclic) bond motifs is 6. The molecule has 1 aliphatic heterocycles. The summed E-state index contributed by atoms with van der Waals surface area (Å²) in [5.74, 6) is -5.80. The first-order chi connectivity index (χ1) is 31.1. The molecular weight excluding hydrogens is 849 g/mol. The summed E-state index contributed by atoms with van der Waals surface area (Å²) in [7, 11) is 1.28. The van der Waals surface area contributed by atoms with Gasteiger partial charge < -0.3 is 59.5 Å². The molecule has 3 aromatic rings. The number of allylic oxidation sites excluding steroid dienone is 5. The number of aliphatic hydroxyl groups is 2. The third-order valence-electron chi connectivity index (χ3n) is 12.1. The molecule has 338 valence electrons. The summed E-state index contributed by atoms with van der Waals surface area (Å²) in [4.78, 5) is 79.8. The lowest BCUT2D eigenvalue weighted by Gasteiger charge is -2.40. The van der Waals surface area contributed by atoms with E-state index < -0.39 is 114 Å². The van der Waals surface area contributed by atoms with Crippen LogP contribution < -0.4 is 15.4 Å². The Morgan fingerprint density at radius 1 is 0.908 bits per heavy atom. The lowest BCUT2D eigenvalue weighted by Crippen LogP contribution is -2.49. The number of amides is 2. The lowest BCUT2D eigenvalue weighted by molar-refractivity contribution is -0.182. The van der Waals surface area contributed by atoms with Crippen LogP contribution in [0.3, 0.4) is 0 Å². The fourth-order valence-corrected chi connectivity index (χ4v) is 9.15. The highest BCUT2D eigenvalue weighted by atomic mass is 16.7. The van der Waals surface area contributed by atoms with Crippen molar-refractivity contribution in [3.05, 3.63) is 136 Å². The van der Waals surface area contributed by atoms with Gasteiger partial charge in [0.25, 0.3) is 0 Å². The summed E-state index contributed by atoms with van der Waals surface area (Å²) in [6.07, 6.45) is 2.33. The zero-order chi connectivity index (χ0) is 46.3. The van der Waals surface area contributed by atoms with Crippen LogP contribution in [0, 0.1) is 5.92 Å². The van der Waals surface area contributed by atoms with Gasteiger partial charge in [0.05, 0.1) is 41.7 Å². The summed E-state index contributed by atoms with van der Waals surface area (Å²) < 4.78 is 32.6. The largest absolute Gasteiger partial charge is 0.507 e. The predicted octanol–water partition coefficient (Wildman–Crippen LogP) is 4.85. The van der Waals surface area contributed by atoms with Crippen molar-refractivity contribution >= 4 is 35.5 Å². The van der Waals surface area contributed by atoms with E-state index in [1.165, 1.54) is 32.2 Å². The molecule has 8 rings (SSSR count). The number of phenolic OH excluding ortho intramolecular Hbond substituents is 2. The molecule has 0 aromatic heterocycles. The highest BCUT2D eigenvalue weighted by Gasteiger charge is 2.50. The SMILES string of the molecule is C=C(C)OC(=O)NC1CC(O[C@@H]2CC(O)(C(=O)COC(=O)CNC(=O)OCC3c4ccccc4C4C=CC=CC43)Cc3c(O)c4c(c(O)c32)C(=O)c2c(OC)cccc2C4=O)OC=C1O. The third kappa shape index (κ3) is 8.28. The Morgan fingerprint density at radius 3 is 2.40 bits per heavy atom. The van der Waals surface area contributed by atoms with Crippen LogP contribution in [0.25, 0.3) is 0 Å². The van der Waals surface area contributed by atoms with Crippen LogP contribution in [-0.4, -0.2) is 101 Å². The second kappa shape index (κ2) is 17.6. The minimum absolute atomic E-state index is 0.0199. The number of carbonyl (C=O) groups excluding carboxylic acids is 6. The van der Waals surface area contributed by atoms with Gasteiger partial charge in [-0.3, -0.25) is 19.2 Å². The van der Waals surface area contributed by atoms with Crippen molar-refractivity contribution in [1.29, 1.82) is 0 Å². The molecule has 7 atom stereocenters. The first-order valence-electron chi connectivity index (χ1n) is 20.6. The molecule has 0 saturated heterocycles. The molecule has 0 radical (unpaired) electrons. The highest BCUT2D eigenvalue weighted by molar-refractivity contribution is 6.31. The number of hydrogen-bond donors (Lipinski definition) is 6. The van der Waals surface area contributed by atoms with Gasteiger partial charge in [-0.15, -0.1) is 0 Å². The second-order valence-corrected chi connectivity index (χ2v) is 16.2. The van der Waals surface area contributed by atoms with E-state index in [0.29, 0.717) is 0 Å². The quantitative estimate of drug-likeness (QED) is 0.0480. The second-order valence-electron chi connectivity index (χ2n) is 16.2. The molecular formula is C47H44N2O16. The standard InChI is InChI=1S/C47H44N2O16/c1-22(2)64-46(58)49-30-15-36(62-20-31(30)50)65-33-17-47(59,16-28-38(33)44(56)40-39(42(28)54)41(53)27-13-8-14-32(60-3)37(27)43(40)55)34(51)21-61-35(52)18-48-45(57)63-19-29-25-11-6-4-9-23(25)24-10-5-7-12-26(24)29/h4-14,20,23,25,29-30,33,36,50,54,56,59H,1,15-19,21H2,2-3H3,(H,48,57)(H,49,58)/t23?,25?,29?,30?,33-,36?,47?/m1/s1. The van der Waals surface area contributed by atoms with Crippen molar-refractivity contribution in [2.75, 3.05) is 26.9 Å². The van der Waals surface area contributed by atoms with Crippen LogP contribution in [0.4, 0.5) is 9.59 Å². The van der Waals surface area contributed by atoms with Crippen molar-refractivity contribution < 1.29 is 77.6 Å². The van der Waals surface area contributed by atoms with E-state index in [-0.39, 0.29) is 64.5 Å². The fraction of sp³-hybridized carbons (Fsp3) is 0.319. The first kappa shape index (κ1) is 44.2. The van der Waals surface area contributed by atoms with Gasteiger partial charge in [0, 0.05) is 47.8 Å². The Labute approximate surface area is 370 Å². The minimum Gasteiger partial charge on any atom is -0.507 e. The summed E-state index contributed by atoms with van der Waals surface area (Å²) in [5, 5.41) is 50.9. The van der Waals surface area contributed by atoms with Crippen LogP contribution in [0.15, 0.2) is 91.1 Å². The molecule has 6 N–H and O–H groups in total. The number of methoxy groups -OCH3 is 1. The number of benzene rings is 3. The molecule has 0 fully saturated rings. The number of hydrogen-bond acceptors (Lipinski definition) is 16. The van der Waals surface area contributed by atoms with E-state index in [9.17, 15) is 49.2 Å². The molecule has 5 aliphatic rings. The summed E-state index contributed by atoms with van der Waals surface area (Å²) >= 11 is 0. The smallest absolute Gasteiger partial charge is 0.412 e. The Bertz CT molecular complexity index is 2630. The van der Waals surface area contributed by atoms with Crippen LogP contribution in [0.2, 0.25) is 0 Å². The lowest BCUT2D eigenvalue weighted by atomic mass is 9.72. The molecule has 4 aliphatic carbocycles. The first-order valence-corrected chi connectivity index (χ1v) is 20.6. The number of esters is 1. The predicted molar refractivity (Wildman–Crippen MR) is 224 cm³/mol. The van der Waals surface area contributed by atoms with Crippen molar-refractivity contribution in [2.45, 2.75) is 62.1 Å². The Morgan fingerprint density at radius 2 is 1.65 bits per heavy atom. The van der Waals surface area contributed by atoms with Crippen molar-refractivity contribution in [3.8, 4) is 17.2 Å². The molecule has 65 heavy (non-hydrogen) atoms. The summed E-state index contributed by atoms with van der Waals surface area (Å²) in [6.45, 7) is 3.21. The number of aromatic hydroxyl groups is 2. The zero-order valence-corrected chi connectivity index (χ0v) is 35.0. The Hall–Kier alpha value is -7.44. The van der Waals surface area contributed by atoms with Crippen LogP contribution in [0.5, 0.6) is 17.2 Å². The van der Waals surface area contributed by atoms with Crippen LogP contribution >= 0.6 is 0 Å². The molecule has 6 unspecified atom stereocenters. The number of carbonyl (C=O) groups is 6. The molecule has 1 heterocycles. The molecule has 0 bridgehead atoms. The van der Waals surface area contributed by atoms with Crippen LogP contribution in [0.1, 0.15) is 91.8 Å². The van der Waals surface area contributed by atoms with Crippen molar-refractivity contribution in [3.63, 3.8) is 0 Å². The molecule has 18 nitrogen and oxygen atoms in total. The van der Waals surface area contributed by atoms with E-state index >= 15 is 0 Å².